The number of benzene rings is 6. The van der Waals surface area contributed by atoms with Crippen LogP contribution in [0.25, 0.3) is 0 Å². The van der Waals surface area contributed by atoms with Gasteiger partial charge in [0.15, 0.2) is 0 Å². The Labute approximate surface area is 401 Å². The van der Waals surface area contributed by atoms with Gasteiger partial charge in [-0.3, -0.25) is 0 Å². The number of hydrogen-bond acceptors (Lipinski definition) is 24. The molecule has 1 aliphatic rings. The molecule has 0 spiro atoms. The summed E-state index contributed by atoms with van der Waals surface area (Å²) in [5.41, 5.74) is -6.97. The average molecular weight is 997 g/mol. The quantitative estimate of drug-likeness (QED) is 0.0469. The summed E-state index contributed by atoms with van der Waals surface area (Å²) in [6, 6.07) is 21.4. The van der Waals surface area contributed by atoms with Gasteiger partial charge in [0.05, 0.1) is 0 Å². The van der Waals surface area contributed by atoms with Crippen LogP contribution in [0.5, 0.6) is 34.5 Å². The minimum atomic E-state index is -5.64. The van der Waals surface area contributed by atoms with Crippen LogP contribution in [0.3, 0.4) is 0 Å². The SMILES string of the molecule is O=C(OC1(O)C(O)(OC(=O)c2ccccc2O)C(O)(OC(=O)c2ccccc2O)C(O)(OC(=O)c2ccccc2O)C(O)(OC(=O)c2ccccc2O)C1(O)OC(=O)c1ccccc1O)c1ccccc1O. The van der Waals surface area contributed by atoms with E-state index in [1.54, 1.807) is 0 Å². The molecule has 0 heterocycles. The molecule has 0 aliphatic heterocycles. The molecule has 0 atom stereocenters. The van der Waals surface area contributed by atoms with Crippen LogP contribution >= 0.6 is 0 Å². The lowest BCUT2D eigenvalue weighted by Gasteiger charge is -2.64. The van der Waals surface area contributed by atoms with Gasteiger partial charge in [-0.15, -0.1) is 0 Å². The summed E-state index contributed by atoms with van der Waals surface area (Å²) in [5, 5.41) is 144. The first-order chi connectivity index (χ1) is 33.9. The average Bonchev–Trinajstić information content (AvgIpc) is 3.33. The molecule has 1 fully saturated rings. The van der Waals surface area contributed by atoms with Crippen molar-refractivity contribution in [3.8, 4) is 34.5 Å². The Morgan fingerprint density at radius 2 is 0.347 bits per heavy atom. The fourth-order valence-corrected chi connectivity index (χ4v) is 7.22. The van der Waals surface area contributed by atoms with Gasteiger partial charge in [-0.25, -0.2) is 28.8 Å². The van der Waals surface area contributed by atoms with Crippen LogP contribution in [0.15, 0.2) is 146 Å². The molecule has 0 aromatic heterocycles. The van der Waals surface area contributed by atoms with Gasteiger partial charge in [0, 0.05) is 0 Å². The standard InChI is InChI=1S/C48H36O24/c49-31-19-7-1-13-25(31)37(55)67-43(61)44(62,68-38(56)26-14-2-8-20-32(26)50)46(64,70-40(58)28-16-4-10-22-34(28)52)48(66,72-42(60)30-18-6-12-24-36(30)54)47(65,71-41(59)29-17-5-11-23-35(29)53)45(43,63)69-39(57)27-15-3-9-21-33(27)51/h1-24,49-54,61-66H. The number of para-hydroxylation sites is 6. The van der Waals surface area contributed by atoms with Crippen molar-refractivity contribution in [2.45, 2.75) is 34.7 Å². The predicted octanol–water partition coefficient (Wildman–Crippen LogP) is 1.51. The monoisotopic (exact) mass is 996 g/mol. The summed E-state index contributed by atoms with van der Waals surface area (Å²) in [5.74, 6) is -54.5. The number of ether oxygens (including phenoxy) is 6. The van der Waals surface area contributed by atoms with E-state index in [0.29, 0.717) is 36.4 Å². The second kappa shape index (κ2) is 18.6. The molecule has 72 heavy (non-hydrogen) atoms. The maximum absolute atomic E-state index is 14.3. The maximum atomic E-state index is 14.3. The lowest BCUT2D eigenvalue weighted by Crippen LogP contribution is -2.98. The lowest BCUT2D eigenvalue weighted by molar-refractivity contribution is -0.624. The number of hydrogen-bond donors (Lipinski definition) is 12. The zero-order valence-corrected chi connectivity index (χ0v) is 36.1. The maximum Gasteiger partial charge on any atom is 0.359 e. The molecule has 0 radical (unpaired) electrons. The van der Waals surface area contributed by atoms with Crippen molar-refractivity contribution in [3.05, 3.63) is 179 Å². The van der Waals surface area contributed by atoms with E-state index in [0.717, 1.165) is 109 Å². The van der Waals surface area contributed by atoms with E-state index in [2.05, 4.69) is 0 Å². The molecule has 6 aromatic carbocycles. The van der Waals surface area contributed by atoms with E-state index in [9.17, 15) is 90.0 Å². The lowest BCUT2D eigenvalue weighted by atomic mass is 9.68. The van der Waals surface area contributed by atoms with Crippen LogP contribution in [0.1, 0.15) is 62.1 Å². The van der Waals surface area contributed by atoms with Crippen LogP contribution in [-0.4, -0.2) is 132 Å². The molecule has 372 valence electrons. The van der Waals surface area contributed by atoms with Crippen LogP contribution in [0.2, 0.25) is 0 Å². The third-order valence-corrected chi connectivity index (χ3v) is 10.9. The summed E-state index contributed by atoms with van der Waals surface area (Å²) < 4.78 is 30.7. The topological polar surface area (TPSA) is 401 Å². The Balaban J connectivity index is 1.68. The van der Waals surface area contributed by atoms with Gasteiger partial charge < -0.3 is 89.7 Å². The van der Waals surface area contributed by atoms with Gasteiger partial charge >= 0.3 is 70.5 Å². The minimum absolute atomic E-state index is 0.684. The largest absolute Gasteiger partial charge is 0.507 e. The fourth-order valence-electron chi connectivity index (χ4n) is 7.22. The van der Waals surface area contributed by atoms with Crippen molar-refractivity contribution in [2.75, 3.05) is 0 Å². The summed E-state index contributed by atoms with van der Waals surface area (Å²) >= 11 is 0. The Morgan fingerprint density at radius 1 is 0.236 bits per heavy atom. The van der Waals surface area contributed by atoms with Crippen molar-refractivity contribution in [1.29, 1.82) is 0 Å². The van der Waals surface area contributed by atoms with Crippen LogP contribution in [0.4, 0.5) is 0 Å². The molecule has 24 heteroatoms. The molecule has 24 nitrogen and oxygen atoms in total. The highest BCUT2D eigenvalue weighted by molar-refractivity contribution is 5.97. The highest BCUT2D eigenvalue weighted by Gasteiger charge is 3.01. The van der Waals surface area contributed by atoms with Crippen LogP contribution < -0.4 is 0 Å². The van der Waals surface area contributed by atoms with Gasteiger partial charge in [0.2, 0.25) is 0 Å². The van der Waals surface area contributed by atoms with Crippen LogP contribution in [-0.2, 0) is 28.4 Å². The summed E-state index contributed by atoms with van der Waals surface area (Å²) in [7, 11) is 0. The fraction of sp³-hybridized carbons (Fsp3) is 0.125. The van der Waals surface area contributed by atoms with E-state index < -0.39 is 138 Å². The van der Waals surface area contributed by atoms with Crippen molar-refractivity contribution in [1.82, 2.24) is 0 Å². The number of esters is 6. The number of carbonyl (C=O) groups excluding carboxylic acids is 6. The summed E-state index contributed by atoms with van der Waals surface area (Å²) in [6.45, 7) is 0. The predicted molar refractivity (Wildman–Crippen MR) is 231 cm³/mol. The Kier molecular flexibility index (Phi) is 13.0. The number of carbonyl (C=O) groups is 6. The zero-order valence-electron chi connectivity index (χ0n) is 36.1. The molecule has 0 bridgehead atoms. The van der Waals surface area contributed by atoms with E-state index in [-0.39, 0.29) is 0 Å². The molecule has 1 aliphatic carbocycles. The number of aromatic hydroxyl groups is 6. The third-order valence-electron chi connectivity index (χ3n) is 10.9. The molecule has 0 amide bonds. The number of phenols is 6. The van der Waals surface area contributed by atoms with Gasteiger partial charge in [0.25, 0.3) is 0 Å². The number of aliphatic hydroxyl groups is 6. The minimum Gasteiger partial charge on any atom is -0.507 e. The molecule has 0 saturated heterocycles. The molecular formula is C48H36O24. The Morgan fingerprint density at radius 3 is 0.458 bits per heavy atom. The van der Waals surface area contributed by atoms with Gasteiger partial charge in [0.1, 0.15) is 67.9 Å². The Bertz CT molecular complexity index is 2590. The molecular weight excluding hydrogens is 961 g/mol. The number of phenolic OH excluding ortho intramolecular Hbond substituents is 6. The van der Waals surface area contributed by atoms with Crippen molar-refractivity contribution < 1.29 is 118 Å². The van der Waals surface area contributed by atoms with Gasteiger partial charge in [-0.05, 0) is 72.8 Å². The van der Waals surface area contributed by atoms with E-state index >= 15 is 0 Å². The highest BCUT2D eigenvalue weighted by atomic mass is 16.9. The van der Waals surface area contributed by atoms with Crippen molar-refractivity contribution >= 4 is 35.8 Å². The first-order valence-corrected chi connectivity index (χ1v) is 20.3. The second-order valence-electron chi connectivity index (χ2n) is 15.3. The van der Waals surface area contributed by atoms with E-state index in [1.807, 2.05) is 0 Å². The van der Waals surface area contributed by atoms with Crippen molar-refractivity contribution in [2.24, 2.45) is 0 Å². The Hall–Kier alpha value is -9.30. The first-order valence-electron chi connectivity index (χ1n) is 20.3. The smallest absolute Gasteiger partial charge is 0.359 e. The summed E-state index contributed by atoms with van der Waals surface area (Å²) in [4.78, 5) is 86.1. The molecule has 12 N–H and O–H groups in total. The van der Waals surface area contributed by atoms with Gasteiger partial charge in [-0.1, -0.05) is 72.8 Å². The molecule has 7 rings (SSSR count). The summed E-state index contributed by atoms with van der Waals surface area (Å²) in [6.07, 6.45) is 0. The zero-order chi connectivity index (χ0) is 52.6. The third kappa shape index (κ3) is 7.98. The highest BCUT2D eigenvalue weighted by Crippen LogP contribution is 2.62. The normalized spacial score (nSPS) is 24.4. The van der Waals surface area contributed by atoms with Crippen molar-refractivity contribution in [3.63, 3.8) is 0 Å². The van der Waals surface area contributed by atoms with Gasteiger partial charge in [-0.2, -0.15) is 0 Å². The molecule has 0 unspecified atom stereocenters. The number of rotatable bonds is 12. The van der Waals surface area contributed by atoms with E-state index in [1.165, 1.54) is 0 Å². The molecule has 1 saturated carbocycles. The van der Waals surface area contributed by atoms with E-state index in [4.69, 9.17) is 28.4 Å². The van der Waals surface area contributed by atoms with Crippen LogP contribution in [0, 0.1) is 0 Å². The molecule has 6 aromatic rings. The second-order valence-corrected chi connectivity index (χ2v) is 15.3. The first kappa shape index (κ1) is 50.6.